The summed E-state index contributed by atoms with van der Waals surface area (Å²) in [5.41, 5.74) is -0.149. The molecule has 0 bridgehead atoms. The van der Waals surface area contributed by atoms with Gasteiger partial charge in [-0.2, -0.15) is 4.98 Å². The summed E-state index contributed by atoms with van der Waals surface area (Å²) >= 11 is 0. The summed E-state index contributed by atoms with van der Waals surface area (Å²) in [6.07, 6.45) is 1.44. The largest absolute Gasteiger partial charge is 0.481 e. The zero-order valence-electron chi connectivity index (χ0n) is 9.44. The molecule has 0 radical (unpaired) electrons. The molecule has 0 atom stereocenters. The lowest BCUT2D eigenvalue weighted by Crippen LogP contribution is -1.97. The maximum absolute atomic E-state index is 10.8. The average molecular weight is 247 g/mol. The summed E-state index contributed by atoms with van der Waals surface area (Å²) in [7, 11) is 1.46. The predicted octanol–water partition coefficient (Wildman–Crippen LogP) is 2.19. The molecule has 0 spiro atoms. The third-order valence-corrected chi connectivity index (χ3v) is 2.08. The van der Waals surface area contributed by atoms with Gasteiger partial charge < -0.3 is 9.47 Å². The summed E-state index contributed by atoms with van der Waals surface area (Å²) in [6, 6.07) is 7.53. The van der Waals surface area contributed by atoms with Gasteiger partial charge in [-0.25, -0.2) is 4.98 Å². The molecule has 0 saturated heterocycles. The second kappa shape index (κ2) is 5.09. The van der Waals surface area contributed by atoms with Crippen LogP contribution in [0.1, 0.15) is 0 Å². The molecule has 0 fully saturated rings. The molecule has 18 heavy (non-hydrogen) atoms. The Labute approximate surface area is 102 Å². The Hall–Kier alpha value is -2.70. The van der Waals surface area contributed by atoms with Crippen LogP contribution in [0.25, 0.3) is 0 Å². The number of ether oxygens (including phenoxy) is 2. The predicted molar refractivity (Wildman–Crippen MR) is 61.8 cm³/mol. The number of benzene rings is 1. The third kappa shape index (κ3) is 2.51. The molecule has 0 aliphatic heterocycles. The fraction of sp³-hybridized carbons (Fsp3) is 0.0909. The molecule has 2 rings (SSSR count). The first-order valence-corrected chi connectivity index (χ1v) is 4.99. The summed E-state index contributed by atoms with van der Waals surface area (Å²) in [5.74, 6) is 0.398. The highest BCUT2D eigenvalue weighted by Crippen LogP contribution is 2.29. The molecular formula is C11H9N3O4. The number of hydrogen-bond donors (Lipinski definition) is 0. The fourth-order valence-corrected chi connectivity index (χ4v) is 1.28. The molecule has 1 aromatic carbocycles. The van der Waals surface area contributed by atoms with Crippen LogP contribution in [0.4, 0.5) is 5.69 Å². The second-order valence-electron chi connectivity index (χ2n) is 3.21. The van der Waals surface area contributed by atoms with E-state index < -0.39 is 4.92 Å². The van der Waals surface area contributed by atoms with Crippen molar-refractivity contribution in [3.63, 3.8) is 0 Å². The van der Waals surface area contributed by atoms with Gasteiger partial charge in [0.2, 0.25) is 11.6 Å². The second-order valence-corrected chi connectivity index (χ2v) is 3.21. The number of aromatic nitrogens is 2. The minimum absolute atomic E-state index is 0.0105. The topological polar surface area (TPSA) is 87.4 Å². The van der Waals surface area contributed by atoms with E-state index in [1.54, 1.807) is 18.2 Å². The lowest BCUT2D eigenvalue weighted by atomic mass is 10.3. The van der Waals surface area contributed by atoms with Crippen LogP contribution in [0.15, 0.2) is 36.5 Å². The minimum Gasteiger partial charge on any atom is -0.481 e. The van der Waals surface area contributed by atoms with Gasteiger partial charge in [0.25, 0.3) is 0 Å². The van der Waals surface area contributed by atoms with E-state index in [1.807, 2.05) is 0 Å². The highest BCUT2D eigenvalue weighted by molar-refractivity contribution is 5.46. The molecule has 7 heteroatoms. The normalized spacial score (nSPS) is 9.83. The van der Waals surface area contributed by atoms with Crippen molar-refractivity contribution in [2.24, 2.45) is 0 Å². The molecule has 0 aliphatic carbocycles. The molecule has 0 N–H and O–H groups in total. The summed E-state index contributed by atoms with van der Waals surface area (Å²) in [4.78, 5) is 18.0. The number of nitro benzene ring substituents is 1. The Balaban J connectivity index is 2.31. The molecule has 0 amide bonds. The summed E-state index contributed by atoms with van der Waals surface area (Å²) in [5, 5.41) is 10.8. The van der Waals surface area contributed by atoms with E-state index in [2.05, 4.69) is 9.97 Å². The van der Waals surface area contributed by atoms with Crippen molar-refractivity contribution < 1.29 is 14.4 Å². The van der Waals surface area contributed by atoms with Crippen LogP contribution in [-0.2, 0) is 0 Å². The van der Waals surface area contributed by atoms with Crippen LogP contribution < -0.4 is 9.47 Å². The van der Waals surface area contributed by atoms with Crippen molar-refractivity contribution in [2.45, 2.75) is 0 Å². The molecule has 1 aromatic heterocycles. The maximum atomic E-state index is 10.8. The van der Waals surface area contributed by atoms with E-state index in [9.17, 15) is 10.1 Å². The minimum atomic E-state index is -0.532. The zero-order valence-corrected chi connectivity index (χ0v) is 9.44. The van der Waals surface area contributed by atoms with Crippen molar-refractivity contribution in [3.05, 3.63) is 46.6 Å². The van der Waals surface area contributed by atoms with Gasteiger partial charge in [0.1, 0.15) is 0 Å². The first kappa shape index (κ1) is 11.8. The molecule has 1 heterocycles. The Kier molecular flexibility index (Phi) is 3.33. The molecule has 0 saturated carbocycles. The highest BCUT2D eigenvalue weighted by Gasteiger charge is 2.15. The average Bonchev–Trinajstić information content (AvgIpc) is 2.39. The SMILES string of the molecule is COc1ccnc(Oc2ccccc2[N+](=O)[O-])n1. The van der Waals surface area contributed by atoms with E-state index in [4.69, 9.17) is 9.47 Å². The number of methoxy groups -OCH3 is 1. The van der Waals surface area contributed by atoms with Crippen LogP contribution in [-0.4, -0.2) is 22.0 Å². The van der Waals surface area contributed by atoms with Crippen LogP contribution in [0.2, 0.25) is 0 Å². The van der Waals surface area contributed by atoms with Gasteiger partial charge in [0, 0.05) is 18.3 Å². The van der Waals surface area contributed by atoms with E-state index >= 15 is 0 Å². The van der Waals surface area contributed by atoms with Crippen LogP contribution in [0.5, 0.6) is 17.6 Å². The van der Waals surface area contributed by atoms with Crippen molar-refractivity contribution in [1.82, 2.24) is 9.97 Å². The molecule has 0 aliphatic rings. The smallest absolute Gasteiger partial charge is 0.325 e. The van der Waals surface area contributed by atoms with Gasteiger partial charge >= 0.3 is 11.7 Å². The van der Waals surface area contributed by atoms with Crippen molar-refractivity contribution in [2.75, 3.05) is 7.11 Å². The number of hydrogen-bond acceptors (Lipinski definition) is 6. The Bertz CT molecular complexity index is 574. The fourth-order valence-electron chi connectivity index (χ4n) is 1.28. The lowest BCUT2D eigenvalue weighted by molar-refractivity contribution is -0.385. The van der Waals surface area contributed by atoms with Crippen LogP contribution >= 0.6 is 0 Å². The Morgan fingerprint density at radius 2 is 2.06 bits per heavy atom. The Morgan fingerprint density at radius 1 is 1.28 bits per heavy atom. The standard InChI is InChI=1S/C11H9N3O4/c1-17-10-6-7-12-11(13-10)18-9-5-3-2-4-8(9)14(15)16/h2-7H,1H3. The zero-order chi connectivity index (χ0) is 13.0. The monoisotopic (exact) mass is 247 g/mol. The quantitative estimate of drug-likeness (QED) is 0.607. The van der Waals surface area contributed by atoms with Gasteiger partial charge in [0.15, 0.2) is 0 Å². The van der Waals surface area contributed by atoms with Crippen molar-refractivity contribution >= 4 is 5.69 Å². The van der Waals surface area contributed by atoms with Crippen LogP contribution in [0.3, 0.4) is 0 Å². The van der Waals surface area contributed by atoms with Gasteiger partial charge in [0.05, 0.1) is 12.0 Å². The van der Waals surface area contributed by atoms with Gasteiger partial charge in [-0.15, -0.1) is 0 Å². The van der Waals surface area contributed by atoms with Gasteiger partial charge in [-0.3, -0.25) is 10.1 Å². The third-order valence-electron chi connectivity index (χ3n) is 2.08. The number of nitro groups is 1. The van der Waals surface area contributed by atoms with E-state index in [0.29, 0.717) is 5.88 Å². The lowest BCUT2D eigenvalue weighted by Gasteiger charge is -2.04. The first-order chi connectivity index (χ1) is 8.70. The van der Waals surface area contributed by atoms with E-state index in [1.165, 1.54) is 25.4 Å². The summed E-state index contributed by atoms with van der Waals surface area (Å²) < 4.78 is 10.2. The molecule has 92 valence electrons. The molecule has 0 unspecified atom stereocenters. The van der Waals surface area contributed by atoms with E-state index in [-0.39, 0.29) is 17.4 Å². The maximum Gasteiger partial charge on any atom is 0.325 e. The highest BCUT2D eigenvalue weighted by atomic mass is 16.6. The van der Waals surface area contributed by atoms with Crippen LogP contribution in [0, 0.1) is 10.1 Å². The molecular weight excluding hydrogens is 238 g/mol. The summed E-state index contributed by atoms with van der Waals surface area (Å²) in [6.45, 7) is 0. The van der Waals surface area contributed by atoms with Crippen molar-refractivity contribution in [1.29, 1.82) is 0 Å². The molecule has 2 aromatic rings. The van der Waals surface area contributed by atoms with Gasteiger partial charge in [-0.1, -0.05) is 12.1 Å². The van der Waals surface area contributed by atoms with E-state index in [0.717, 1.165) is 0 Å². The number of para-hydroxylation sites is 2. The number of nitrogens with zero attached hydrogens (tertiary/aromatic N) is 3. The molecule has 7 nitrogen and oxygen atoms in total. The number of rotatable bonds is 4. The Morgan fingerprint density at radius 3 is 2.78 bits per heavy atom. The van der Waals surface area contributed by atoms with Crippen molar-refractivity contribution in [3.8, 4) is 17.6 Å². The van der Waals surface area contributed by atoms with Gasteiger partial charge in [-0.05, 0) is 6.07 Å². The first-order valence-electron chi connectivity index (χ1n) is 4.99.